The lowest BCUT2D eigenvalue weighted by atomic mass is 10.2. The molecular formula is C20H27N5OS. The number of amides is 1. The fourth-order valence-corrected chi connectivity index (χ4v) is 3.57. The Kier molecular flexibility index (Phi) is 6.92. The van der Waals surface area contributed by atoms with Gasteiger partial charge in [0.05, 0.1) is 5.75 Å². The number of carbonyl (C=O) groups is 1. The molecular weight excluding hydrogens is 358 g/mol. The highest BCUT2D eigenvalue weighted by atomic mass is 32.2. The number of para-hydroxylation sites is 1. The molecule has 2 aromatic rings. The van der Waals surface area contributed by atoms with Gasteiger partial charge in [0.15, 0.2) is 5.82 Å². The molecule has 1 aliphatic rings. The number of carbonyl (C=O) groups excluding carboxylic acids is 1. The quantitative estimate of drug-likeness (QED) is 0.740. The van der Waals surface area contributed by atoms with Crippen LogP contribution in [0.4, 0.5) is 11.5 Å². The lowest BCUT2D eigenvalue weighted by molar-refractivity contribution is -0.119. The predicted octanol–water partition coefficient (Wildman–Crippen LogP) is 2.81. The normalized spacial score (nSPS) is 15.5. The number of rotatable bonds is 7. The van der Waals surface area contributed by atoms with Gasteiger partial charge in [-0.3, -0.25) is 4.79 Å². The van der Waals surface area contributed by atoms with Crippen LogP contribution in [0.3, 0.4) is 0 Å². The second-order valence-electron chi connectivity index (χ2n) is 6.70. The summed E-state index contributed by atoms with van der Waals surface area (Å²) in [5.41, 5.74) is 1.27. The summed E-state index contributed by atoms with van der Waals surface area (Å²) in [6, 6.07) is 14.7. The molecule has 1 aromatic heterocycles. The number of anilines is 2. The van der Waals surface area contributed by atoms with Gasteiger partial charge in [0.25, 0.3) is 0 Å². The van der Waals surface area contributed by atoms with Crippen molar-refractivity contribution in [1.82, 2.24) is 15.5 Å². The van der Waals surface area contributed by atoms with Crippen molar-refractivity contribution < 1.29 is 4.79 Å². The van der Waals surface area contributed by atoms with E-state index in [1.54, 1.807) is 0 Å². The van der Waals surface area contributed by atoms with Crippen LogP contribution in [0.15, 0.2) is 47.5 Å². The minimum atomic E-state index is 0.0391. The van der Waals surface area contributed by atoms with Gasteiger partial charge in [0.2, 0.25) is 5.91 Å². The zero-order chi connectivity index (χ0) is 19.1. The first-order chi connectivity index (χ1) is 13.2. The third-order valence-corrected chi connectivity index (χ3v) is 5.64. The van der Waals surface area contributed by atoms with Crippen molar-refractivity contribution in [2.24, 2.45) is 0 Å². The zero-order valence-electron chi connectivity index (χ0n) is 16.0. The molecule has 0 radical (unpaired) electrons. The third-order valence-electron chi connectivity index (χ3n) is 4.72. The Balaban J connectivity index is 1.47. The monoisotopic (exact) mass is 385 g/mol. The van der Waals surface area contributed by atoms with Crippen LogP contribution in [0.25, 0.3) is 0 Å². The van der Waals surface area contributed by atoms with Crippen molar-refractivity contribution in [3.8, 4) is 0 Å². The van der Waals surface area contributed by atoms with E-state index in [-0.39, 0.29) is 11.9 Å². The molecule has 0 unspecified atom stereocenters. The number of nitrogens with one attached hydrogen (secondary N) is 1. The molecule has 2 heterocycles. The summed E-state index contributed by atoms with van der Waals surface area (Å²) in [7, 11) is 0. The van der Waals surface area contributed by atoms with E-state index in [9.17, 15) is 4.79 Å². The molecule has 0 spiro atoms. The predicted molar refractivity (Wildman–Crippen MR) is 112 cm³/mol. The van der Waals surface area contributed by atoms with Crippen LogP contribution in [0, 0.1) is 0 Å². The number of nitrogens with zero attached hydrogens (tertiary/aromatic N) is 4. The summed E-state index contributed by atoms with van der Waals surface area (Å²) >= 11 is 1.42. The van der Waals surface area contributed by atoms with Gasteiger partial charge >= 0.3 is 0 Å². The Bertz CT molecular complexity index is 717. The van der Waals surface area contributed by atoms with Crippen molar-refractivity contribution >= 4 is 29.2 Å². The highest BCUT2D eigenvalue weighted by Gasteiger charge is 2.18. The lowest BCUT2D eigenvalue weighted by Gasteiger charge is -2.36. The lowest BCUT2D eigenvalue weighted by Crippen LogP contribution is -2.46. The van der Waals surface area contributed by atoms with Crippen LogP contribution in [0.2, 0.25) is 0 Å². The van der Waals surface area contributed by atoms with Crippen molar-refractivity contribution in [2.45, 2.75) is 31.3 Å². The maximum atomic E-state index is 11.9. The molecule has 1 N–H and O–H groups in total. The molecule has 27 heavy (non-hydrogen) atoms. The van der Waals surface area contributed by atoms with Gasteiger partial charge in [-0.2, -0.15) is 0 Å². The average molecular weight is 386 g/mol. The van der Waals surface area contributed by atoms with Crippen LogP contribution in [0.1, 0.15) is 20.3 Å². The fourth-order valence-electron chi connectivity index (χ4n) is 2.95. The molecule has 3 rings (SSSR count). The van der Waals surface area contributed by atoms with E-state index >= 15 is 0 Å². The molecule has 1 saturated heterocycles. The van der Waals surface area contributed by atoms with E-state index in [1.807, 2.05) is 25.1 Å². The topological polar surface area (TPSA) is 61.4 Å². The van der Waals surface area contributed by atoms with E-state index in [0.29, 0.717) is 5.75 Å². The highest BCUT2D eigenvalue weighted by Crippen LogP contribution is 2.20. The molecule has 144 valence electrons. The van der Waals surface area contributed by atoms with Gasteiger partial charge in [-0.05, 0) is 37.6 Å². The fraction of sp³-hybridized carbons (Fsp3) is 0.450. The maximum Gasteiger partial charge on any atom is 0.230 e. The van der Waals surface area contributed by atoms with Crippen LogP contribution in [0.5, 0.6) is 0 Å². The van der Waals surface area contributed by atoms with Gasteiger partial charge in [0.1, 0.15) is 5.03 Å². The molecule has 1 amide bonds. The van der Waals surface area contributed by atoms with Gasteiger partial charge < -0.3 is 15.1 Å². The molecule has 1 fully saturated rings. The van der Waals surface area contributed by atoms with Crippen molar-refractivity contribution in [3.05, 3.63) is 42.5 Å². The Hall–Kier alpha value is -2.28. The number of hydrogen-bond acceptors (Lipinski definition) is 6. The molecule has 1 aliphatic heterocycles. The summed E-state index contributed by atoms with van der Waals surface area (Å²) in [6.07, 6.45) is 0.933. The molecule has 7 heteroatoms. The van der Waals surface area contributed by atoms with Gasteiger partial charge in [-0.15, -0.1) is 10.2 Å². The summed E-state index contributed by atoms with van der Waals surface area (Å²) in [5, 5.41) is 12.4. The zero-order valence-corrected chi connectivity index (χ0v) is 16.8. The summed E-state index contributed by atoms with van der Waals surface area (Å²) in [5.74, 6) is 1.31. The van der Waals surface area contributed by atoms with E-state index in [2.05, 4.69) is 56.5 Å². The molecule has 0 saturated carbocycles. The summed E-state index contributed by atoms with van der Waals surface area (Å²) < 4.78 is 0. The molecule has 0 bridgehead atoms. The minimum Gasteiger partial charge on any atom is -0.368 e. The number of thioether (sulfide) groups is 1. The number of piperazine rings is 1. The van der Waals surface area contributed by atoms with Gasteiger partial charge in [-0.25, -0.2) is 0 Å². The smallest absolute Gasteiger partial charge is 0.230 e. The van der Waals surface area contributed by atoms with E-state index in [4.69, 9.17) is 0 Å². The second-order valence-corrected chi connectivity index (χ2v) is 7.70. The first kappa shape index (κ1) is 19.5. The third kappa shape index (κ3) is 5.60. The van der Waals surface area contributed by atoms with Gasteiger partial charge in [-0.1, -0.05) is 36.9 Å². The first-order valence-electron chi connectivity index (χ1n) is 9.46. The Labute approximate surface area is 165 Å². The van der Waals surface area contributed by atoms with Crippen LogP contribution in [-0.4, -0.2) is 54.1 Å². The Morgan fingerprint density at radius 3 is 2.41 bits per heavy atom. The second kappa shape index (κ2) is 9.60. The molecule has 1 aromatic carbocycles. The number of hydrogen-bond donors (Lipinski definition) is 1. The average Bonchev–Trinajstić information content (AvgIpc) is 2.73. The van der Waals surface area contributed by atoms with E-state index in [1.165, 1.54) is 17.4 Å². The van der Waals surface area contributed by atoms with Crippen molar-refractivity contribution in [2.75, 3.05) is 41.7 Å². The largest absolute Gasteiger partial charge is 0.368 e. The van der Waals surface area contributed by atoms with Crippen molar-refractivity contribution in [1.29, 1.82) is 0 Å². The van der Waals surface area contributed by atoms with Gasteiger partial charge in [0, 0.05) is 37.9 Å². The minimum absolute atomic E-state index is 0.0391. The highest BCUT2D eigenvalue weighted by molar-refractivity contribution is 7.99. The van der Waals surface area contributed by atoms with E-state index < -0.39 is 0 Å². The maximum absolute atomic E-state index is 11.9. The van der Waals surface area contributed by atoms with Crippen LogP contribution < -0.4 is 15.1 Å². The Morgan fingerprint density at radius 1 is 1.07 bits per heavy atom. The van der Waals surface area contributed by atoms with Crippen LogP contribution >= 0.6 is 11.8 Å². The molecule has 0 aliphatic carbocycles. The number of aromatic nitrogens is 2. The van der Waals surface area contributed by atoms with E-state index in [0.717, 1.165) is 43.4 Å². The SMILES string of the molecule is CC[C@@H](C)NC(=O)CSc1ccc(N2CCN(c3ccccc3)CC2)nn1. The van der Waals surface area contributed by atoms with Crippen molar-refractivity contribution in [3.63, 3.8) is 0 Å². The summed E-state index contributed by atoms with van der Waals surface area (Å²) in [6.45, 7) is 7.85. The molecule has 6 nitrogen and oxygen atoms in total. The Morgan fingerprint density at radius 2 is 1.78 bits per heavy atom. The first-order valence-corrected chi connectivity index (χ1v) is 10.4. The standard InChI is InChI=1S/C20H27N5OS/c1-3-16(2)21-19(26)15-27-20-10-9-18(22-23-20)25-13-11-24(12-14-25)17-7-5-4-6-8-17/h4-10,16H,3,11-15H2,1-2H3,(H,21,26)/t16-/m1/s1. The summed E-state index contributed by atoms with van der Waals surface area (Å²) in [4.78, 5) is 16.5. The van der Waals surface area contributed by atoms with Crippen LogP contribution in [-0.2, 0) is 4.79 Å². The number of benzene rings is 1. The molecule has 1 atom stereocenters.